The summed E-state index contributed by atoms with van der Waals surface area (Å²) in [6, 6.07) is 0. The topological polar surface area (TPSA) is 218 Å². The van der Waals surface area contributed by atoms with E-state index in [0.717, 1.165) is 12.8 Å². The minimum atomic E-state index is -1.01. The van der Waals surface area contributed by atoms with Crippen LogP contribution >= 0.6 is 0 Å². The van der Waals surface area contributed by atoms with E-state index in [1.54, 1.807) is 0 Å². The molecule has 0 radical (unpaired) electrons. The summed E-state index contributed by atoms with van der Waals surface area (Å²) in [5.41, 5.74) is 0. The van der Waals surface area contributed by atoms with Crippen LogP contribution in [-0.2, 0) is 80.5 Å². The molecule has 9 aliphatic heterocycles. The van der Waals surface area contributed by atoms with E-state index < -0.39 is 98.8 Å². The highest BCUT2D eigenvalue weighted by Crippen LogP contribution is 2.48. The quantitative estimate of drug-likeness (QED) is 0.0866. The van der Waals surface area contributed by atoms with Gasteiger partial charge in [-0.1, -0.05) is 159 Å². The maximum absolute atomic E-state index is 12.2. The van der Waals surface area contributed by atoms with Gasteiger partial charge in [0.25, 0.3) is 0 Å². The molecule has 0 saturated carbocycles. The van der Waals surface area contributed by atoms with E-state index in [1.165, 1.54) is 0 Å². The van der Waals surface area contributed by atoms with Crippen molar-refractivity contribution in [1.29, 1.82) is 0 Å². The van der Waals surface area contributed by atoms with Crippen LogP contribution in [0.5, 0.6) is 0 Å². The lowest BCUT2D eigenvalue weighted by Gasteiger charge is -2.52. The second-order valence-corrected chi connectivity index (χ2v) is 32.9. The molecule has 20 heteroatoms. The molecule has 572 valence electrons. The summed E-state index contributed by atoms with van der Waals surface area (Å²) < 4.78 is 116. The van der Waals surface area contributed by atoms with Gasteiger partial charge in [-0.05, 0) is 113 Å². The van der Waals surface area contributed by atoms with Gasteiger partial charge in [0.1, 0.15) is 18.3 Å². The second-order valence-electron chi connectivity index (χ2n) is 32.9. The van der Waals surface area contributed by atoms with Crippen LogP contribution < -0.4 is 0 Å². The molecule has 0 aromatic carbocycles. The van der Waals surface area contributed by atoms with Crippen LogP contribution in [0, 0.1) is 94.7 Å². The van der Waals surface area contributed by atoms with Crippen molar-refractivity contribution in [3.8, 4) is 0 Å². The van der Waals surface area contributed by atoms with Crippen molar-refractivity contribution in [2.45, 2.75) is 403 Å². The molecular weight excluding hydrogens is 1260 g/mol. The molecule has 3 N–H and O–H groups in total. The lowest BCUT2D eigenvalue weighted by molar-refractivity contribution is -0.377. The van der Waals surface area contributed by atoms with Crippen LogP contribution in [0.15, 0.2) is 0 Å². The van der Waals surface area contributed by atoms with Crippen LogP contribution in [-0.4, -0.2) is 194 Å². The van der Waals surface area contributed by atoms with Crippen molar-refractivity contribution in [1.82, 2.24) is 0 Å². The standard InChI is InChI=1S/C78H140O20/c1-27-53-36(10)34(8)42(16)73(85-53)94-68-47(21)61(80)77(89-57(68)31-5)97-67-41(15)46(20)75(87-56(67)30-4)95-69-48(22)62(81)78(90-58(69)32-6)96-66-40(14)45(19)74(86-55(66)29-3)91-63-39(13)44(18)72(84-51(63)25)98-70-59(33-7)88-76(49(23)60(70)79)92-64-38(12)43(17)71(83-52(64)26)93-65-37(11)35(9)50(24)82-54(65)28-2/h34-81H,27-33H2,1-26H3/t34-,35?,36-,37+,38?,39+,40+,41?,42?,43?,44?,45?,46?,47+,48?,49?,50+,51?,52-,53?,54?,55?,56?,57?,58?,59?,60?,61?,62?,63-,64-,65-,66-,67-,68-,69-,70+,71+,72-,73-,74-,75+,76+,77-,78-/m0/s1. The molecule has 0 aromatic heterocycles. The fourth-order valence-corrected chi connectivity index (χ4v) is 18.1. The van der Waals surface area contributed by atoms with Gasteiger partial charge in [0.05, 0.1) is 110 Å². The molecule has 9 heterocycles. The Morgan fingerprint density at radius 1 is 0.184 bits per heavy atom. The average Bonchev–Trinajstić information content (AvgIpc) is 0.779. The van der Waals surface area contributed by atoms with Gasteiger partial charge in [0, 0.05) is 47.3 Å². The highest BCUT2D eigenvalue weighted by molar-refractivity contribution is 4.99. The Kier molecular flexibility index (Phi) is 28.9. The van der Waals surface area contributed by atoms with Gasteiger partial charge in [-0.25, -0.2) is 0 Å². The zero-order valence-corrected chi connectivity index (χ0v) is 65.2. The molecule has 0 bridgehead atoms. The van der Waals surface area contributed by atoms with Crippen molar-refractivity contribution >= 4 is 0 Å². The number of hydrogen-bond donors (Lipinski definition) is 3. The molecule has 0 aliphatic carbocycles. The van der Waals surface area contributed by atoms with Gasteiger partial charge < -0.3 is 95.8 Å². The third-order valence-electron chi connectivity index (χ3n) is 27.1. The van der Waals surface area contributed by atoms with Crippen LogP contribution in [0.25, 0.3) is 0 Å². The van der Waals surface area contributed by atoms with Crippen molar-refractivity contribution in [3.05, 3.63) is 0 Å². The number of rotatable bonds is 23. The first-order valence-corrected chi connectivity index (χ1v) is 39.6. The SMILES string of the molecule is CCC1O[C@H](O[C@@H]2C(CC)O[C@@H](O[C@@H]3C(CC)O[C@@H](O[C@@H]4C(C)O[C@@H](O[C@@H]5C(CC)O[C@H](O[C@H]6C(C)C(C)[C@@H](O[C@@H]7C(CC)O[C@H](C)C(C)[C@H]7C)O[C@H]6C)C(C)C5O)C(C)[C@H]4C)C(C)[C@H]3C)C(O)C2C)C(C)C(C)[C@@H]1O[C@@H]1OC(CC)[C@@H](O[C@@H]2OC(CC)[C@@H](C)[C@H](C)C2C)[C@H](C)C1O. The molecule has 9 rings (SSSR count). The summed E-state index contributed by atoms with van der Waals surface area (Å²) in [4.78, 5) is 0. The zero-order chi connectivity index (χ0) is 72.0. The van der Waals surface area contributed by atoms with Gasteiger partial charge in [-0.15, -0.1) is 0 Å². The van der Waals surface area contributed by atoms with Gasteiger partial charge in [0.15, 0.2) is 50.3 Å². The summed E-state index contributed by atoms with van der Waals surface area (Å²) in [6.07, 6.45) is -8.04. The van der Waals surface area contributed by atoms with Gasteiger partial charge in [0.2, 0.25) is 0 Å². The predicted octanol–water partition coefficient (Wildman–Crippen LogP) is 12.8. The molecule has 0 aromatic rings. The van der Waals surface area contributed by atoms with E-state index in [9.17, 15) is 15.3 Å². The first-order chi connectivity index (χ1) is 46.4. The van der Waals surface area contributed by atoms with Gasteiger partial charge in [-0.2, -0.15) is 0 Å². The smallest absolute Gasteiger partial charge is 0.184 e. The summed E-state index contributed by atoms with van der Waals surface area (Å²) in [7, 11) is 0. The highest BCUT2D eigenvalue weighted by Gasteiger charge is 2.57. The van der Waals surface area contributed by atoms with E-state index in [4.69, 9.17) is 80.5 Å². The van der Waals surface area contributed by atoms with Gasteiger partial charge >= 0.3 is 0 Å². The molecule has 0 spiro atoms. The van der Waals surface area contributed by atoms with Crippen molar-refractivity contribution in [2.75, 3.05) is 0 Å². The molecule has 0 amide bonds. The maximum Gasteiger partial charge on any atom is 0.184 e. The van der Waals surface area contributed by atoms with E-state index in [1.807, 2.05) is 27.7 Å². The van der Waals surface area contributed by atoms with E-state index in [-0.39, 0.29) is 151 Å². The third kappa shape index (κ3) is 16.7. The molecule has 9 fully saturated rings. The lowest BCUT2D eigenvalue weighted by atomic mass is 9.78. The normalized spacial score (nSPS) is 54.5. The Hall–Kier alpha value is -0.800. The number of aliphatic hydroxyl groups excluding tert-OH is 3. The molecule has 9 aliphatic rings. The fraction of sp³-hybridized carbons (Fsp3) is 1.00. The maximum atomic E-state index is 12.2. The minimum Gasteiger partial charge on any atom is -0.390 e. The Labute approximate surface area is 591 Å². The fourth-order valence-electron chi connectivity index (χ4n) is 18.1. The van der Waals surface area contributed by atoms with Crippen LogP contribution in [0.3, 0.4) is 0 Å². The molecule has 9 saturated heterocycles. The van der Waals surface area contributed by atoms with Gasteiger partial charge in [-0.3, -0.25) is 0 Å². The predicted molar refractivity (Wildman–Crippen MR) is 371 cm³/mol. The summed E-state index contributed by atoms with van der Waals surface area (Å²) >= 11 is 0. The molecule has 45 atom stereocenters. The van der Waals surface area contributed by atoms with E-state index in [2.05, 4.69) is 152 Å². The molecule has 21 unspecified atom stereocenters. The highest BCUT2D eigenvalue weighted by atomic mass is 16.8. The van der Waals surface area contributed by atoms with Crippen LogP contribution in [0.4, 0.5) is 0 Å². The molecule has 20 nitrogen and oxygen atoms in total. The lowest BCUT2D eigenvalue weighted by Crippen LogP contribution is -2.62. The average molecular weight is 1400 g/mol. The summed E-state index contributed by atoms with van der Waals surface area (Å²) in [6.45, 7) is 55.5. The Morgan fingerprint density at radius 2 is 0.418 bits per heavy atom. The summed E-state index contributed by atoms with van der Waals surface area (Å²) in [5, 5.41) is 36.3. The first kappa shape index (κ1) is 81.3. The van der Waals surface area contributed by atoms with E-state index >= 15 is 0 Å². The number of aliphatic hydroxyl groups is 3. The molecular formula is C78H140O20. The second kappa shape index (κ2) is 34.8. The van der Waals surface area contributed by atoms with Crippen molar-refractivity contribution in [2.24, 2.45) is 94.7 Å². The monoisotopic (exact) mass is 1400 g/mol. The van der Waals surface area contributed by atoms with Crippen LogP contribution in [0.2, 0.25) is 0 Å². The largest absolute Gasteiger partial charge is 0.390 e. The Balaban J connectivity index is 0.759. The van der Waals surface area contributed by atoms with Crippen molar-refractivity contribution < 1.29 is 95.8 Å². The van der Waals surface area contributed by atoms with E-state index in [0.29, 0.717) is 55.8 Å². The Bertz CT molecular complexity index is 2380. The third-order valence-corrected chi connectivity index (χ3v) is 27.1. The van der Waals surface area contributed by atoms with Crippen LogP contribution in [0.1, 0.15) is 225 Å². The first-order valence-electron chi connectivity index (χ1n) is 39.6. The number of hydrogen-bond acceptors (Lipinski definition) is 20. The Morgan fingerprint density at radius 3 is 0.776 bits per heavy atom. The van der Waals surface area contributed by atoms with Crippen molar-refractivity contribution in [3.63, 3.8) is 0 Å². The minimum absolute atomic E-state index is 0.0102. The number of ether oxygens (including phenoxy) is 17. The zero-order valence-electron chi connectivity index (χ0n) is 65.2. The summed E-state index contributed by atoms with van der Waals surface area (Å²) in [5.74, 6) is 0.394. The molecule has 98 heavy (non-hydrogen) atoms.